The van der Waals surface area contributed by atoms with E-state index in [-0.39, 0.29) is 24.0 Å². The van der Waals surface area contributed by atoms with Crippen molar-refractivity contribution in [3.05, 3.63) is 29.3 Å². The fourth-order valence-electron chi connectivity index (χ4n) is 4.28. The van der Waals surface area contributed by atoms with E-state index in [4.69, 9.17) is 9.47 Å². The van der Waals surface area contributed by atoms with Crippen molar-refractivity contribution in [3.63, 3.8) is 0 Å². The van der Waals surface area contributed by atoms with Crippen LogP contribution in [0.15, 0.2) is 18.2 Å². The number of carbonyl (C=O) groups excluding carboxylic acids is 3. The lowest BCUT2D eigenvalue weighted by Crippen LogP contribution is -2.51. The van der Waals surface area contributed by atoms with Crippen molar-refractivity contribution in [2.45, 2.75) is 51.9 Å². The maximum Gasteiger partial charge on any atom is 0.279 e. The predicted octanol–water partition coefficient (Wildman–Crippen LogP) is 1.26. The Bertz CT molecular complexity index is 744. The van der Waals surface area contributed by atoms with Crippen LogP contribution in [0, 0.1) is 25.7 Å². The summed E-state index contributed by atoms with van der Waals surface area (Å²) in [5, 5.41) is 0.868. The molecule has 0 aliphatic carbocycles. The number of carbonyl (C=O) groups is 3. The van der Waals surface area contributed by atoms with Crippen molar-refractivity contribution in [1.29, 1.82) is 0 Å². The van der Waals surface area contributed by atoms with Gasteiger partial charge in [-0.15, -0.1) is 0 Å². The van der Waals surface area contributed by atoms with E-state index < -0.39 is 23.8 Å². The molecule has 3 aliphatic heterocycles. The van der Waals surface area contributed by atoms with Gasteiger partial charge < -0.3 is 9.47 Å². The van der Waals surface area contributed by atoms with Crippen LogP contribution in [-0.2, 0) is 19.1 Å². The minimum absolute atomic E-state index is 0.202. The predicted molar refractivity (Wildman–Crippen MR) is 90.9 cm³/mol. The molecular formula is C19H22N2O5. The average molecular weight is 358 g/mol. The molecule has 3 fully saturated rings. The highest BCUT2D eigenvalue weighted by molar-refractivity contribution is 6.07. The molecule has 0 saturated carbocycles. The first-order valence-electron chi connectivity index (χ1n) is 8.94. The van der Waals surface area contributed by atoms with Crippen LogP contribution in [0.2, 0.25) is 0 Å². The fourth-order valence-corrected chi connectivity index (χ4v) is 4.28. The van der Waals surface area contributed by atoms with Crippen LogP contribution in [-0.4, -0.2) is 41.0 Å². The van der Waals surface area contributed by atoms with Gasteiger partial charge in [0.25, 0.3) is 17.7 Å². The lowest BCUT2D eigenvalue weighted by atomic mass is 9.81. The summed E-state index contributed by atoms with van der Waals surface area (Å²) in [6, 6.07) is 5.68. The molecule has 4 rings (SSSR count). The Morgan fingerprint density at radius 3 is 2.19 bits per heavy atom. The summed E-state index contributed by atoms with van der Waals surface area (Å²) < 4.78 is 11.4. The van der Waals surface area contributed by atoms with E-state index in [0.29, 0.717) is 5.75 Å². The van der Waals surface area contributed by atoms with Crippen LogP contribution in [0.4, 0.5) is 0 Å². The number of rotatable bonds is 4. The first-order valence-corrected chi connectivity index (χ1v) is 8.94. The average Bonchev–Trinajstić information content (AvgIpc) is 3.23. The molecule has 138 valence electrons. The first kappa shape index (κ1) is 17.0. The molecule has 3 amide bonds. The number of amides is 3. The maximum absolute atomic E-state index is 12.6. The number of ether oxygens (including phenoxy) is 2. The lowest BCUT2D eigenvalue weighted by molar-refractivity contribution is -0.153. The Balaban J connectivity index is 1.43. The minimum Gasteiger partial charge on any atom is -0.481 e. The minimum atomic E-state index is -0.842. The van der Waals surface area contributed by atoms with Gasteiger partial charge in [0, 0.05) is 0 Å². The Morgan fingerprint density at radius 1 is 1.12 bits per heavy atom. The summed E-state index contributed by atoms with van der Waals surface area (Å²) in [7, 11) is 0. The van der Waals surface area contributed by atoms with Gasteiger partial charge in [0.1, 0.15) is 5.75 Å². The van der Waals surface area contributed by atoms with Gasteiger partial charge in [-0.1, -0.05) is 6.07 Å². The number of hydrazine groups is 1. The lowest BCUT2D eigenvalue weighted by Gasteiger charge is -2.21. The van der Waals surface area contributed by atoms with E-state index in [2.05, 4.69) is 5.43 Å². The molecule has 2 bridgehead atoms. The number of nitrogens with one attached hydrogen (secondary N) is 1. The zero-order chi connectivity index (χ0) is 18.6. The Labute approximate surface area is 151 Å². The number of benzene rings is 1. The number of hydrogen-bond donors (Lipinski definition) is 1. The van der Waals surface area contributed by atoms with Gasteiger partial charge in [0.05, 0.1) is 24.0 Å². The smallest absolute Gasteiger partial charge is 0.279 e. The number of fused-ring (bicyclic) bond motifs is 5. The summed E-state index contributed by atoms with van der Waals surface area (Å²) in [6.45, 7) is 5.48. The van der Waals surface area contributed by atoms with Gasteiger partial charge in [0.2, 0.25) is 0 Å². The van der Waals surface area contributed by atoms with E-state index in [1.807, 2.05) is 32.0 Å². The van der Waals surface area contributed by atoms with Crippen molar-refractivity contribution in [1.82, 2.24) is 10.4 Å². The highest BCUT2D eigenvalue weighted by Crippen LogP contribution is 2.48. The zero-order valence-electron chi connectivity index (χ0n) is 15.0. The molecule has 0 spiro atoms. The monoisotopic (exact) mass is 358 g/mol. The van der Waals surface area contributed by atoms with Crippen LogP contribution in [0.1, 0.15) is 30.9 Å². The molecule has 3 aliphatic rings. The van der Waals surface area contributed by atoms with Crippen molar-refractivity contribution in [2.24, 2.45) is 11.8 Å². The molecule has 3 heterocycles. The van der Waals surface area contributed by atoms with Crippen LogP contribution in [0.25, 0.3) is 0 Å². The van der Waals surface area contributed by atoms with Gasteiger partial charge in [-0.05, 0) is 56.9 Å². The van der Waals surface area contributed by atoms with E-state index in [1.165, 1.54) is 0 Å². The first-order chi connectivity index (χ1) is 12.3. The molecule has 7 heteroatoms. The van der Waals surface area contributed by atoms with Crippen LogP contribution < -0.4 is 10.2 Å². The quantitative estimate of drug-likeness (QED) is 0.819. The summed E-state index contributed by atoms with van der Waals surface area (Å²) in [5.74, 6) is -1.63. The molecule has 0 radical (unpaired) electrons. The van der Waals surface area contributed by atoms with Gasteiger partial charge in [-0.3, -0.25) is 19.8 Å². The molecule has 1 N–H and O–H groups in total. The molecule has 1 aromatic carbocycles. The number of imide groups is 1. The standard InChI is InChI=1S/C19H22N2O5/c1-9-6-10(2)8-12(7-9)25-11(3)17(22)20-21-18(23)15-13-4-5-14(26-13)16(15)19(21)24/h6-8,11,13-16H,4-5H2,1-3H3,(H,20,22)/t11-,13+,14+,15-,16+/m1/s1. The number of nitrogens with zero attached hydrogens (tertiary/aromatic N) is 1. The Hall–Kier alpha value is -2.41. The number of hydrogen-bond acceptors (Lipinski definition) is 5. The van der Waals surface area contributed by atoms with E-state index in [9.17, 15) is 14.4 Å². The van der Waals surface area contributed by atoms with Gasteiger partial charge in [0.15, 0.2) is 6.10 Å². The van der Waals surface area contributed by atoms with Gasteiger partial charge in [-0.2, -0.15) is 5.01 Å². The topological polar surface area (TPSA) is 84.9 Å². The van der Waals surface area contributed by atoms with Crippen molar-refractivity contribution in [3.8, 4) is 5.75 Å². The molecule has 3 saturated heterocycles. The molecule has 26 heavy (non-hydrogen) atoms. The largest absolute Gasteiger partial charge is 0.481 e. The van der Waals surface area contributed by atoms with E-state index in [0.717, 1.165) is 29.0 Å². The highest BCUT2D eigenvalue weighted by atomic mass is 16.5. The Morgan fingerprint density at radius 2 is 1.65 bits per heavy atom. The second-order valence-corrected chi connectivity index (χ2v) is 7.41. The third kappa shape index (κ3) is 2.67. The SMILES string of the molecule is Cc1cc(C)cc(O[C@H](C)C(=O)NN2C(=O)[C@@H]3[C@H](C2=O)[C@@H]2CC[C@@H]3O2)c1. The molecule has 0 unspecified atom stereocenters. The van der Waals surface area contributed by atoms with Crippen LogP contribution in [0.5, 0.6) is 5.75 Å². The number of aryl methyl sites for hydroxylation is 2. The van der Waals surface area contributed by atoms with Gasteiger partial charge in [-0.25, -0.2) is 0 Å². The molecule has 5 atom stereocenters. The summed E-state index contributed by atoms with van der Waals surface area (Å²) in [5.41, 5.74) is 4.50. The van der Waals surface area contributed by atoms with Crippen molar-refractivity contribution in [2.75, 3.05) is 0 Å². The van der Waals surface area contributed by atoms with Crippen molar-refractivity contribution >= 4 is 17.7 Å². The van der Waals surface area contributed by atoms with Gasteiger partial charge >= 0.3 is 0 Å². The maximum atomic E-state index is 12.6. The molecule has 0 aromatic heterocycles. The fraction of sp³-hybridized carbons (Fsp3) is 0.526. The van der Waals surface area contributed by atoms with E-state index in [1.54, 1.807) is 6.92 Å². The third-order valence-corrected chi connectivity index (χ3v) is 5.38. The summed E-state index contributed by atoms with van der Waals surface area (Å²) in [6.07, 6.45) is 0.336. The summed E-state index contributed by atoms with van der Waals surface area (Å²) in [4.78, 5) is 37.6. The van der Waals surface area contributed by atoms with E-state index >= 15 is 0 Å². The normalized spacial score (nSPS) is 30.5. The van der Waals surface area contributed by atoms with Crippen LogP contribution in [0.3, 0.4) is 0 Å². The second kappa shape index (κ2) is 6.09. The third-order valence-electron chi connectivity index (χ3n) is 5.38. The summed E-state index contributed by atoms with van der Waals surface area (Å²) >= 11 is 0. The molecule has 1 aromatic rings. The second-order valence-electron chi connectivity index (χ2n) is 7.41. The molecule has 7 nitrogen and oxygen atoms in total. The molecular weight excluding hydrogens is 336 g/mol. The zero-order valence-corrected chi connectivity index (χ0v) is 15.0. The van der Waals surface area contributed by atoms with Crippen LogP contribution >= 0.6 is 0 Å². The highest BCUT2D eigenvalue weighted by Gasteiger charge is 2.63. The Kier molecular flexibility index (Phi) is 3.99. The van der Waals surface area contributed by atoms with Crippen molar-refractivity contribution < 1.29 is 23.9 Å².